The minimum atomic E-state index is -0.000365. The number of ether oxygens (including phenoxy) is 1. The molecule has 0 saturated heterocycles. The maximum Gasteiger partial charge on any atom is 0.137 e. The van der Waals surface area contributed by atoms with E-state index in [2.05, 4.69) is 15.9 Å². The van der Waals surface area contributed by atoms with E-state index < -0.39 is 0 Å². The van der Waals surface area contributed by atoms with Crippen molar-refractivity contribution in [1.29, 1.82) is 0 Å². The van der Waals surface area contributed by atoms with Gasteiger partial charge >= 0.3 is 0 Å². The van der Waals surface area contributed by atoms with Crippen molar-refractivity contribution in [2.45, 2.75) is 11.8 Å². The summed E-state index contributed by atoms with van der Waals surface area (Å²) in [6.07, 6.45) is 0. The summed E-state index contributed by atoms with van der Waals surface area (Å²) in [5, 5.41) is 0.595. The quantitative estimate of drug-likeness (QED) is 0.764. The molecule has 1 atom stereocenters. The molecule has 0 N–H and O–H groups in total. The van der Waals surface area contributed by atoms with Crippen LogP contribution in [0.4, 0.5) is 0 Å². The van der Waals surface area contributed by atoms with Gasteiger partial charge in [0, 0.05) is 0 Å². The molecule has 0 amide bonds. The highest BCUT2D eigenvalue weighted by molar-refractivity contribution is 9.09. The second kappa shape index (κ2) is 5.15. The highest BCUT2D eigenvalue weighted by Gasteiger charge is 2.15. The highest BCUT2D eigenvalue weighted by atomic mass is 79.9. The van der Waals surface area contributed by atoms with E-state index >= 15 is 0 Å². The Morgan fingerprint density at radius 3 is 2.59 bits per heavy atom. The van der Waals surface area contributed by atoms with Gasteiger partial charge in [0.25, 0.3) is 0 Å². The van der Waals surface area contributed by atoms with Crippen molar-refractivity contribution in [3.63, 3.8) is 0 Å². The molecule has 1 heterocycles. The molecule has 0 aliphatic rings. The standard InChI is InChI=1S/C13H12BrClO2/c1-8-3-5-12(17-8)13(14)9-4-6-11(16-2)10(15)7-9/h3-7,13H,1-2H3. The first kappa shape index (κ1) is 12.5. The molecule has 1 aromatic heterocycles. The normalized spacial score (nSPS) is 12.5. The van der Waals surface area contributed by atoms with Crippen LogP contribution in [0, 0.1) is 6.92 Å². The summed E-state index contributed by atoms with van der Waals surface area (Å²) in [5.74, 6) is 2.43. The molecular formula is C13H12BrClO2. The first-order valence-electron chi connectivity index (χ1n) is 5.15. The number of rotatable bonds is 3. The minimum absolute atomic E-state index is 0.000365. The monoisotopic (exact) mass is 314 g/mol. The fraction of sp³-hybridized carbons (Fsp3) is 0.231. The van der Waals surface area contributed by atoms with E-state index in [9.17, 15) is 0 Å². The number of furan rings is 1. The van der Waals surface area contributed by atoms with Crippen LogP contribution in [-0.2, 0) is 0 Å². The Labute approximate surface area is 114 Å². The lowest BCUT2D eigenvalue weighted by molar-refractivity contribution is 0.415. The topological polar surface area (TPSA) is 22.4 Å². The van der Waals surface area contributed by atoms with E-state index in [0.717, 1.165) is 17.1 Å². The number of methoxy groups -OCH3 is 1. The Bertz CT molecular complexity index is 522. The lowest BCUT2D eigenvalue weighted by atomic mass is 10.1. The van der Waals surface area contributed by atoms with E-state index in [-0.39, 0.29) is 4.83 Å². The number of benzene rings is 1. The van der Waals surface area contributed by atoms with Crippen molar-refractivity contribution >= 4 is 27.5 Å². The first-order chi connectivity index (χ1) is 8.11. The summed E-state index contributed by atoms with van der Waals surface area (Å²) < 4.78 is 10.7. The Balaban J connectivity index is 2.31. The van der Waals surface area contributed by atoms with Crippen LogP contribution in [0.15, 0.2) is 34.7 Å². The molecule has 0 radical (unpaired) electrons. The van der Waals surface area contributed by atoms with Gasteiger partial charge in [-0.25, -0.2) is 0 Å². The van der Waals surface area contributed by atoms with Crippen LogP contribution >= 0.6 is 27.5 Å². The Morgan fingerprint density at radius 1 is 1.29 bits per heavy atom. The summed E-state index contributed by atoms with van der Waals surface area (Å²) in [7, 11) is 1.60. The van der Waals surface area contributed by atoms with Crippen LogP contribution in [0.25, 0.3) is 0 Å². The molecule has 1 unspecified atom stereocenters. The number of halogens is 2. The van der Waals surface area contributed by atoms with Gasteiger partial charge in [0.2, 0.25) is 0 Å². The summed E-state index contributed by atoms with van der Waals surface area (Å²) >= 11 is 9.68. The lowest BCUT2D eigenvalue weighted by Gasteiger charge is -2.10. The smallest absolute Gasteiger partial charge is 0.137 e. The molecule has 0 saturated carbocycles. The van der Waals surface area contributed by atoms with Crippen LogP contribution in [0.5, 0.6) is 5.75 Å². The van der Waals surface area contributed by atoms with E-state index in [1.165, 1.54) is 0 Å². The number of alkyl halides is 1. The van der Waals surface area contributed by atoms with Crippen molar-refractivity contribution in [3.05, 3.63) is 52.4 Å². The van der Waals surface area contributed by atoms with Crippen LogP contribution in [-0.4, -0.2) is 7.11 Å². The Kier molecular flexibility index (Phi) is 3.79. The lowest BCUT2D eigenvalue weighted by Crippen LogP contribution is -1.92. The molecule has 0 aliphatic heterocycles. The van der Waals surface area contributed by atoms with Crippen molar-refractivity contribution < 1.29 is 9.15 Å². The first-order valence-corrected chi connectivity index (χ1v) is 6.45. The summed E-state index contributed by atoms with van der Waals surface area (Å²) in [6.45, 7) is 1.92. The summed E-state index contributed by atoms with van der Waals surface area (Å²) in [5.41, 5.74) is 1.03. The van der Waals surface area contributed by atoms with Crippen molar-refractivity contribution in [1.82, 2.24) is 0 Å². The Hall–Kier alpha value is -0.930. The maximum absolute atomic E-state index is 6.09. The third-order valence-electron chi connectivity index (χ3n) is 2.48. The number of aryl methyl sites for hydroxylation is 1. The average molecular weight is 316 g/mol. The third-order valence-corrected chi connectivity index (χ3v) is 3.75. The van der Waals surface area contributed by atoms with Crippen LogP contribution in [0.1, 0.15) is 21.9 Å². The SMILES string of the molecule is COc1ccc(C(Br)c2ccc(C)o2)cc1Cl. The maximum atomic E-state index is 6.09. The zero-order valence-corrected chi connectivity index (χ0v) is 11.9. The zero-order chi connectivity index (χ0) is 12.4. The third kappa shape index (κ3) is 2.67. The van der Waals surface area contributed by atoms with Gasteiger partial charge in [-0.2, -0.15) is 0 Å². The molecule has 0 bridgehead atoms. The molecule has 17 heavy (non-hydrogen) atoms. The fourth-order valence-electron chi connectivity index (χ4n) is 1.59. The molecule has 0 fully saturated rings. The zero-order valence-electron chi connectivity index (χ0n) is 9.54. The second-order valence-electron chi connectivity index (χ2n) is 3.70. The van der Waals surface area contributed by atoms with Crippen molar-refractivity contribution in [3.8, 4) is 5.75 Å². The second-order valence-corrected chi connectivity index (χ2v) is 5.03. The molecule has 2 rings (SSSR count). The van der Waals surface area contributed by atoms with Crippen LogP contribution < -0.4 is 4.74 Å². The van der Waals surface area contributed by atoms with Gasteiger partial charge in [-0.15, -0.1) is 0 Å². The predicted octanol–water partition coefficient (Wildman–Crippen LogP) is 4.73. The molecule has 2 nitrogen and oxygen atoms in total. The predicted molar refractivity (Wildman–Crippen MR) is 72.2 cm³/mol. The van der Waals surface area contributed by atoms with E-state index in [0.29, 0.717) is 10.8 Å². The minimum Gasteiger partial charge on any atom is -0.495 e. The molecule has 4 heteroatoms. The fourth-order valence-corrected chi connectivity index (χ4v) is 2.39. The van der Waals surface area contributed by atoms with Gasteiger partial charge in [-0.3, -0.25) is 0 Å². The number of hydrogen-bond acceptors (Lipinski definition) is 2. The van der Waals surface area contributed by atoms with Gasteiger partial charge in [0.15, 0.2) is 0 Å². The van der Waals surface area contributed by atoms with Gasteiger partial charge in [0.1, 0.15) is 17.3 Å². The van der Waals surface area contributed by atoms with Gasteiger partial charge < -0.3 is 9.15 Å². The largest absolute Gasteiger partial charge is 0.495 e. The van der Waals surface area contributed by atoms with E-state index in [1.54, 1.807) is 7.11 Å². The van der Waals surface area contributed by atoms with Crippen LogP contribution in [0.3, 0.4) is 0 Å². The summed E-state index contributed by atoms with van der Waals surface area (Å²) in [4.78, 5) is -0.000365. The summed E-state index contributed by atoms with van der Waals surface area (Å²) in [6, 6.07) is 9.57. The molecule has 0 spiro atoms. The highest BCUT2D eigenvalue weighted by Crippen LogP contribution is 2.35. The van der Waals surface area contributed by atoms with Crippen molar-refractivity contribution in [2.24, 2.45) is 0 Å². The molecule has 90 valence electrons. The molecule has 0 aliphatic carbocycles. The Morgan fingerprint density at radius 2 is 2.06 bits per heavy atom. The van der Waals surface area contributed by atoms with E-state index in [1.807, 2.05) is 37.3 Å². The van der Waals surface area contributed by atoms with Crippen LogP contribution in [0.2, 0.25) is 5.02 Å². The average Bonchev–Trinajstić information content (AvgIpc) is 2.75. The number of hydrogen-bond donors (Lipinski definition) is 0. The van der Waals surface area contributed by atoms with Gasteiger partial charge in [-0.05, 0) is 36.8 Å². The van der Waals surface area contributed by atoms with E-state index in [4.69, 9.17) is 20.8 Å². The van der Waals surface area contributed by atoms with Crippen molar-refractivity contribution in [2.75, 3.05) is 7.11 Å². The molecular weight excluding hydrogens is 303 g/mol. The molecule has 1 aromatic carbocycles. The van der Waals surface area contributed by atoms with Gasteiger partial charge in [-0.1, -0.05) is 33.6 Å². The van der Waals surface area contributed by atoms with Gasteiger partial charge in [0.05, 0.1) is 17.0 Å². The molecule has 2 aromatic rings.